The van der Waals surface area contributed by atoms with Gasteiger partial charge in [-0.15, -0.1) is 0 Å². The number of carbonyl (C=O) groups is 1. The van der Waals surface area contributed by atoms with Gasteiger partial charge < -0.3 is 4.74 Å². The number of carbonyl (C=O) groups excluding carboxylic acids is 1. The Labute approximate surface area is 145 Å². The number of fused-ring (bicyclic) bond motifs is 1. The number of aromatic nitrogens is 2. The Bertz CT molecular complexity index is 892. The van der Waals surface area contributed by atoms with Crippen molar-refractivity contribution < 1.29 is 9.53 Å². The zero-order valence-corrected chi connectivity index (χ0v) is 14.3. The molecule has 1 aromatic carbocycles. The fourth-order valence-corrected chi connectivity index (χ4v) is 2.79. The second-order valence-corrected chi connectivity index (χ2v) is 6.03. The zero-order chi connectivity index (χ0) is 17.1. The molecule has 122 valence electrons. The zero-order valence-electron chi connectivity index (χ0n) is 13.5. The van der Waals surface area contributed by atoms with Crippen LogP contribution in [0.5, 0.6) is 0 Å². The monoisotopic (exact) mass is 340 g/mol. The Morgan fingerprint density at radius 1 is 1.17 bits per heavy atom. The minimum Gasteiger partial charge on any atom is -0.460 e. The number of para-hydroxylation sites is 1. The lowest BCUT2D eigenvalue weighted by Crippen LogP contribution is -2.11. The van der Waals surface area contributed by atoms with Crippen LogP contribution in [0.3, 0.4) is 0 Å². The maximum absolute atomic E-state index is 12.2. The molecule has 0 N–H and O–H groups in total. The number of benzene rings is 1. The van der Waals surface area contributed by atoms with E-state index in [1.807, 2.05) is 38.1 Å². The number of aryl methyl sites for hydroxylation is 2. The fraction of sp³-hybridized carbons (Fsp3) is 0.211. The minimum atomic E-state index is -0.284. The number of rotatable bonds is 4. The van der Waals surface area contributed by atoms with Crippen molar-refractivity contribution in [1.82, 2.24) is 9.97 Å². The highest BCUT2D eigenvalue weighted by Crippen LogP contribution is 2.23. The van der Waals surface area contributed by atoms with Crippen molar-refractivity contribution in [3.05, 3.63) is 70.1 Å². The molecule has 3 aromatic rings. The Kier molecular flexibility index (Phi) is 4.76. The third-order valence-corrected chi connectivity index (χ3v) is 4.22. The van der Waals surface area contributed by atoms with Crippen molar-refractivity contribution in [2.45, 2.75) is 26.9 Å². The first kappa shape index (κ1) is 16.4. The maximum Gasteiger partial charge on any atom is 0.310 e. The molecule has 0 aliphatic rings. The third kappa shape index (κ3) is 3.54. The highest BCUT2D eigenvalue weighted by molar-refractivity contribution is 6.29. The van der Waals surface area contributed by atoms with Crippen LogP contribution in [0.2, 0.25) is 5.15 Å². The summed E-state index contributed by atoms with van der Waals surface area (Å²) in [5.41, 5.74) is 4.60. The van der Waals surface area contributed by atoms with E-state index in [2.05, 4.69) is 9.97 Å². The van der Waals surface area contributed by atoms with E-state index in [0.717, 1.165) is 33.3 Å². The molecule has 0 saturated heterocycles. The van der Waals surface area contributed by atoms with Crippen LogP contribution < -0.4 is 0 Å². The number of hydrogen-bond donors (Lipinski definition) is 0. The van der Waals surface area contributed by atoms with Gasteiger partial charge in [0, 0.05) is 22.8 Å². The van der Waals surface area contributed by atoms with Gasteiger partial charge in [-0.3, -0.25) is 9.78 Å². The lowest BCUT2D eigenvalue weighted by atomic mass is 10.00. The van der Waals surface area contributed by atoms with Gasteiger partial charge in [-0.25, -0.2) is 4.98 Å². The Morgan fingerprint density at radius 3 is 2.71 bits per heavy atom. The molecular formula is C19H17ClN2O2. The molecule has 0 radical (unpaired) electrons. The summed E-state index contributed by atoms with van der Waals surface area (Å²) in [6.07, 6.45) is 1.81. The van der Waals surface area contributed by atoms with E-state index in [9.17, 15) is 4.79 Å². The van der Waals surface area contributed by atoms with Gasteiger partial charge in [0.1, 0.15) is 11.8 Å². The van der Waals surface area contributed by atoms with Crippen molar-refractivity contribution in [2.24, 2.45) is 0 Å². The maximum atomic E-state index is 12.2. The topological polar surface area (TPSA) is 52.1 Å². The molecule has 0 bridgehead atoms. The molecule has 3 rings (SSSR count). The summed E-state index contributed by atoms with van der Waals surface area (Å²) in [5.74, 6) is -0.284. The van der Waals surface area contributed by atoms with Gasteiger partial charge in [0.2, 0.25) is 0 Å². The van der Waals surface area contributed by atoms with E-state index in [1.165, 1.54) is 0 Å². The van der Waals surface area contributed by atoms with Gasteiger partial charge in [-0.2, -0.15) is 0 Å². The Morgan fingerprint density at radius 2 is 1.96 bits per heavy atom. The predicted octanol–water partition coefficient (Wildman–Crippen LogP) is 4.19. The van der Waals surface area contributed by atoms with Gasteiger partial charge in [-0.05, 0) is 37.1 Å². The summed E-state index contributed by atoms with van der Waals surface area (Å²) in [6.45, 7) is 4.12. The molecule has 0 saturated carbocycles. The second kappa shape index (κ2) is 6.97. The second-order valence-electron chi connectivity index (χ2n) is 5.64. The summed E-state index contributed by atoms with van der Waals surface area (Å²) >= 11 is 5.74. The van der Waals surface area contributed by atoms with Crippen LogP contribution in [0, 0.1) is 13.8 Å². The van der Waals surface area contributed by atoms with Crippen LogP contribution >= 0.6 is 11.6 Å². The van der Waals surface area contributed by atoms with Crippen LogP contribution in [0.1, 0.15) is 22.4 Å². The van der Waals surface area contributed by atoms with Crippen LogP contribution in [-0.2, 0) is 22.6 Å². The molecular weight excluding hydrogens is 324 g/mol. The van der Waals surface area contributed by atoms with E-state index in [-0.39, 0.29) is 19.0 Å². The van der Waals surface area contributed by atoms with Gasteiger partial charge in [-0.1, -0.05) is 35.9 Å². The molecule has 0 spiro atoms. The van der Waals surface area contributed by atoms with Crippen LogP contribution in [-0.4, -0.2) is 15.9 Å². The van der Waals surface area contributed by atoms with Crippen molar-refractivity contribution in [1.29, 1.82) is 0 Å². The fourth-order valence-electron chi connectivity index (χ4n) is 2.68. The summed E-state index contributed by atoms with van der Waals surface area (Å²) < 4.78 is 5.34. The normalized spacial score (nSPS) is 10.8. The largest absolute Gasteiger partial charge is 0.460 e. The SMILES string of the molecule is Cc1nc2ccccc2c(C)c1CC(=O)OCc1ccc(Cl)nc1. The van der Waals surface area contributed by atoms with Crippen molar-refractivity contribution >= 4 is 28.5 Å². The number of ether oxygens (including phenoxy) is 1. The van der Waals surface area contributed by atoms with E-state index in [0.29, 0.717) is 5.15 Å². The Hall–Kier alpha value is -2.46. The van der Waals surface area contributed by atoms with Crippen molar-refractivity contribution in [2.75, 3.05) is 0 Å². The van der Waals surface area contributed by atoms with Crippen LogP contribution in [0.4, 0.5) is 0 Å². The highest BCUT2D eigenvalue weighted by Gasteiger charge is 2.14. The molecule has 2 heterocycles. The number of halogens is 1. The molecule has 0 aliphatic carbocycles. The molecule has 0 aliphatic heterocycles. The lowest BCUT2D eigenvalue weighted by molar-refractivity contribution is -0.144. The highest BCUT2D eigenvalue weighted by atomic mass is 35.5. The molecule has 0 unspecified atom stereocenters. The van der Waals surface area contributed by atoms with Gasteiger partial charge in [0.15, 0.2) is 0 Å². The Balaban J connectivity index is 1.74. The van der Waals surface area contributed by atoms with Crippen LogP contribution in [0.15, 0.2) is 42.6 Å². The molecule has 24 heavy (non-hydrogen) atoms. The van der Waals surface area contributed by atoms with Gasteiger partial charge >= 0.3 is 5.97 Å². The molecule has 4 nitrogen and oxygen atoms in total. The van der Waals surface area contributed by atoms with Crippen molar-refractivity contribution in [3.63, 3.8) is 0 Å². The number of pyridine rings is 2. The standard InChI is InChI=1S/C19H17ClN2O2/c1-12-15-5-3-4-6-17(15)22-13(2)16(12)9-19(23)24-11-14-7-8-18(20)21-10-14/h3-8,10H,9,11H2,1-2H3. The molecule has 2 aromatic heterocycles. The van der Waals surface area contributed by atoms with Gasteiger partial charge in [0.25, 0.3) is 0 Å². The van der Waals surface area contributed by atoms with Crippen molar-refractivity contribution in [3.8, 4) is 0 Å². The molecule has 0 fully saturated rings. The number of hydrogen-bond acceptors (Lipinski definition) is 4. The molecule has 5 heteroatoms. The van der Waals surface area contributed by atoms with E-state index < -0.39 is 0 Å². The average molecular weight is 341 g/mol. The van der Waals surface area contributed by atoms with Gasteiger partial charge in [0.05, 0.1) is 11.9 Å². The quantitative estimate of drug-likeness (QED) is 0.528. The third-order valence-electron chi connectivity index (χ3n) is 4.00. The summed E-state index contributed by atoms with van der Waals surface area (Å²) in [4.78, 5) is 20.7. The lowest BCUT2D eigenvalue weighted by Gasteiger charge is -2.12. The summed E-state index contributed by atoms with van der Waals surface area (Å²) in [5, 5.41) is 1.48. The first-order valence-electron chi connectivity index (χ1n) is 7.65. The first-order chi connectivity index (χ1) is 11.5. The summed E-state index contributed by atoms with van der Waals surface area (Å²) in [7, 11) is 0. The minimum absolute atomic E-state index is 0.183. The number of nitrogens with zero attached hydrogens (tertiary/aromatic N) is 2. The van der Waals surface area contributed by atoms with Crippen LogP contribution in [0.25, 0.3) is 10.9 Å². The summed E-state index contributed by atoms with van der Waals surface area (Å²) in [6, 6.07) is 11.4. The average Bonchev–Trinajstić information content (AvgIpc) is 2.58. The smallest absolute Gasteiger partial charge is 0.310 e. The predicted molar refractivity (Wildman–Crippen MR) is 94.0 cm³/mol. The first-order valence-corrected chi connectivity index (χ1v) is 8.03. The molecule has 0 atom stereocenters. The van der Waals surface area contributed by atoms with E-state index in [4.69, 9.17) is 16.3 Å². The van der Waals surface area contributed by atoms with E-state index >= 15 is 0 Å². The molecule has 0 amide bonds. The van der Waals surface area contributed by atoms with E-state index in [1.54, 1.807) is 18.3 Å². The number of esters is 1.